The highest BCUT2D eigenvalue weighted by Crippen LogP contribution is 2.49. The molecular formula is C55H36N6S. The minimum atomic E-state index is -0.170. The predicted octanol–water partition coefficient (Wildman–Crippen LogP) is 14.0. The molecule has 0 atom stereocenters. The summed E-state index contributed by atoms with van der Waals surface area (Å²) in [6.45, 7) is 4.62. The van der Waals surface area contributed by atoms with Gasteiger partial charge in [-0.3, -0.25) is 4.57 Å². The zero-order chi connectivity index (χ0) is 41.1. The highest BCUT2D eigenvalue weighted by atomic mass is 32.1. The lowest BCUT2D eigenvalue weighted by Gasteiger charge is -2.21. The van der Waals surface area contributed by atoms with Crippen molar-refractivity contribution in [1.82, 2.24) is 29.1 Å². The third-order valence-corrected chi connectivity index (χ3v) is 13.9. The monoisotopic (exact) mass is 812 g/mol. The molecule has 0 saturated heterocycles. The number of aromatic nitrogens is 6. The van der Waals surface area contributed by atoms with Crippen molar-refractivity contribution in [2.75, 3.05) is 0 Å². The van der Waals surface area contributed by atoms with Gasteiger partial charge in [0.15, 0.2) is 11.6 Å². The van der Waals surface area contributed by atoms with E-state index >= 15 is 0 Å². The molecule has 0 radical (unpaired) electrons. The molecule has 62 heavy (non-hydrogen) atoms. The third-order valence-electron chi connectivity index (χ3n) is 12.8. The Hall–Kier alpha value is -7.74. The molecule has 8 aromatic carbocycles. The molecule has 0 N–H and O–H groups in total. The van der Waals surface area contributed by atoms with Crippen molar-refractivity contribution in [3.8, 4) is 56.1 Å². The van der Waals surface area contributed by atoms with E-state index in [9.17, 15) is 0 Å². The molecule has 1 aliphatic rings. The number of fused-ring (bicyclic) bond motifs is 11. The first-order chi connectivity index (χ1) is 30.5. The maximum Gasteiger partial charge on any atom is 0.238 e. The number of thiazole rings is 1. The van der Waals surface area contributed by atoms with Crippen molar-refractivity contribution in [3.05, 3.63) is 193 Å². The highest BCUT2D eigenvalue weighted by molar-refractivity contribution is 7.21. The van der Waals surface area contributed by atoms with E-state index in [0.717, 1.165) is 71.1 Å². The molecule has 13 rings (SSSR count). The number of hydrogen-bond donors (Lipinski definition) is 0. The molecule has 0 unspecified atom stereocenters. The van der Waals surface area contributed by atoms with Gasteiger partial charge < -0.3 is 4.57 Å². The minimum absolute atomic E-state index is 0.170. The molecule has 0 amide bonds. The van der Waals surface area contributed by atoms with Gasteiger partial charge in [0.2, 0.25) is 5.95 Å². The fourth-order valence-corrected chi connectivity index (χ4v) is 10.9. The van der Waals surface area contributed by atoms with E-state index in [1.54, 1.807) is 11.3 Å². The predicted molar refractivity (Wildman–Crippen MR) is 256 cm³/mol. The van der Waals surface area contributed by atoms with Crippen LogP contribution in [0.4, 0.5) is 0 Å². The quantitative estimate of drug-likeness (QED) is 0.174. The zero-order valence-electron chi connectivity index (χ0n) is 33.9. The molecule has 7 heteroatoms. The van der Waals surface area contributed by atoms with Crippen LogP contribution >= 0.6 is 11.3 Å². The van der Waals surface area contributed by atoms with Gasteiger partial charge in [0.05, 0.1) is 32.3 Å². The van der Waals surface area contributed by atoms with Crippen molar-refractivity contribution in [2.45, 2.75) is 19.3 Å². The molecule has 0 aliphatic heterocycles. The first-order valence-corrected chi connectivity index (χ1v) is 21.8. The van der Waals surface area contributed by atoms with Gasteiger partial charge in [-0.05, 0) is 64.7 Å². The van der Waals surface area contributed by atoms with Crippen LogP contribution < -0.4 is 0 Å². The Bertz CT molecular complexity index is 3760. The summed E-state index contributed by atoms with van der Waals surface area (Å²) in [7, 11) is 0. The van der Waals surface area contributed by atoms with Gasteiger partial charge in [-0.15, -0.1) is 11.3 Å². The standard InChI is InChI=1S/C55H36N6S/c1-55(2)43-22-9-6-19-37(43)38-28-27-34(32-44(38)55)52-57-51(33-15-4-3-5-16-33)58-54(59-52)61-47-25-12-8-21-40(47)42-30-29-41-39-20-7-11-24-46(39)60(49(41)50(42)61)36-18-14-17-35(31-36)53-56-45-23-10-13-26-48(45)62-53/h3-32H,1-2H3. The zero-order valence-corrected chi connectivity index (χ0v) is 34.7. The van der Waals surface area contributed by atoms with Crippen LogP contribution in [0, 0.1) is 0 Å². The molecule has 4 aromatic heterocycles. The maximum absolute atomic E-state index is 5.46. The SMILES string of the molecule is CC1(C)c2ccccc2-c2ccc(-c3nc(-c4ccccc4)nc(-n4c5ccccc5c5ccc6c7ccccc7n(-c7cccc(-c8nc9ccccc9s8)c7)c6c54)n3)cc21. The van der Waals surface area contributed by atoms with Gasteiger partial charge in [-0.25, -0.2) is 9.97 Å². The van der Waals surface area contributed by atoms with Crippen LogP contribution in [-0.2, 0) is 5.41 Å². The van der Waals surface area contributed by atoms with Crippen LogP contribution in [0.5, 0.6) is 0 Å². The Morgan fingerprint density at radius 1 is 0.435 bits per heavy atom. The molecule has 6 nitrogen and oxygen atoms in total. The second-order valence-corrected chi connectivity index (χ2v) is 17.7. The van der Waals surface area contributed by atoms with E-state index in [-0.39, 0.29) is 5.41 Å². The number of para-hydroxylation sites is 3. The molecule has 292 valence electrons. The Morgan fingerprint density at radius 3 is 1.85 bits per heavy atom. The van der Waals surface area contributed by atoms with Gasteiger partial charge in [0.25, 0.3) is 0 Å². The average molecular weight is 813 g/mol. The smallest absolute Gasteiger partial charge is 0.238 e. The largest absolute Gasteiger partial charge is 0.307 e. The first-order valence-electron chi connectivity index (χ1n) is 21.0. The summed E-state index contributed by atoms with van der Waals surface area (Å²) in [6, 6.07) is 64.7. The Morgan fingerprint density at radius 2 is 1.06 bits per heavy atom. The molecule has 0 spiro atoms. The number of hydrogen-bond acceptors (Lipinski definition) is 5. The van der Waals surface area contributed by atoms with Crippen molar-refractivity contribution < 1.29 is 0 Å². The first kappa shape index (κ1) is 35.1. The Balaban J connectivity index is 1.10. The van der Waals surface area contributed by atoms with Crippen LogP contribution in [0.2, 0.25) is 0 Å². The second kappa shape index (κ2) is 13.1. The topological polar surface area (TPSA) is 61.4 Å². The summed E-state index contributed by atoms with van der Waals surface area (Å²) in [5.74, 6) is 1.82. The van der Waals surface area contributed by atoms with E-state index in [1.165, 1.54) is 32.3 Å². The molecule has 12 aromatic rings. The van der Waals surface area contributed by atoms with Crippen LogP contribution in [0.15, 0.2) is 182 Å². The number of rotatable bonds is 5. The van der Waals surface area contributed by atoms with Crippen molar-refractivity contribution in [2.24, 2.45) is 0 Å². The van der Waals surface area contributed by atoms with Gasteiger partial charge in [0.1, 0.15) is 5.01 Å². The maximum atomic E-state index is 5.46. The summed E-state index contributed by atoms with van der Waals surface area (Å²) in [4.78, 5) is 21.1. The van der Waals surface area contributed by atoms with Crippen LogP contribution in [-0.4, -0.2) is 29.1 Å². The normalized spacial score (nSPS) is 13.1. The van der Waals surface area contributed by atoms with E-state index in [2.05, 4.69) is 187 Å². The molecule has 0 saturated carbocycles. The summed E-state index contributed by atoms with van der Waals surface area (Å²) >= 11 is 1.72. The fraction of sp³-hybridized carbons (Fsp3) is 0.0545. The molecule has 0 fully saturated rings. The lowest BCUT2D eigenvalue weighted by atomic mass is 9.82. The second-order valence-electron chi connectivity index (χ2n) is 16.7. The minimum Gasteiger partial charge on any atom is -0.307 e. The molecule has 4 heterocycles. The van der Waals surface area contributed by atoms with E-state index < -0.39 is 0 Å². The molecule has 1 aliphatic carbocycles. The number of benzene rings is 8. The average Bonchev–Trinajstić information content (AvgIpc) is 4.07. The van der Waals surface area contributed by atoms with Crippen LogP contribution in [0.1, 0.15) is 25.0 Å². The summed E-state index contributed by atoms with van der Waals surface area (Å²) in [6.07, 6.45) is 0. The van der Waals surface area contributed by atoms with Crippen LogP contribution in [0.3, 0.4) is 0 Å². The lowest BCUT2D eigenvalue weighted by Crippen LogP contribution is -2.15. The van der Waals surface area contributed by atoms with E-state index in [1.807, 2.05) is 18.2 Å². The lowest BCUT2D eigenvalue weighted by molar-refractivity contribution is 0.660. The van der Waals surface area contributed by atoms with Crippen molar-refractivity contribution in [3.63, 3.8) is 0 Å². The van der Waals surface area contributed by atoms with Gasteiger partial charge in [-0.2, -0.15) is 9.97 Å². The van der Waals surface area contributed by atoms with Crippen molar-refractivity contribution in [1.29, 1.82) is 0 Å². The van der Waals surface area contributed by atoms with Gasteiger partial charge in [-0.1, -0.05) is 153 Å². The van der Waals surface area contributed by atoms with Gasteiger partial charge in [0, 0.05) is 49.3 Å². The number of nitrogens with zero attached hydrogens (tertiary/aromatic N) is 6. The fourth-order valence-electron chi connectivity index (χ4n) is 9.90. The highest BCUT2D eigenvalue weighted by Gasteiger charge is 2.35. The molecule has 0 bridgehead atoms. The summed E-state index contributed by atoms with van der Waals surface area (Å²) in [5, 5.41) is 5.58. The van der Waals surface area contributed by atoms with E-state index in [0.29, 0.717) is 17.6 Å². The van der Waals surface area contributed by atoms with Crippen molar-refractivity contribution >= 4 is 65.2 Å². The third kappa shape index (κ3) is 5.09. The van der Waals surface area contributed by atoms with Gasteiger partial charge >= 0.3 is 0 Å². The summed E-state index contributed by atoms with van der Waals surface area (Å²) < 4.78 is 5.86. The molecular weight excluding hydrogens is 777 g/mol. The summed E-state index contributed by atoms with van der Waals surface area (Å²) in [5.41, 5.74) is 14.3. The van der Waals surface area contributed by atoms with E-state index in [4.69, 9.17) is 19.9 Å². The van der Waals surface area contributed by atoms with Crippen LogP contribution in [0.25, 0.3) is 110 Å². The Labute approximate surface area is 361 Å². The Kier molecular flexibility index (Phi) is 7.42.